The predicted molar refractivity (Wildman–Crippen MR) is 67.1 cm³/mol. The molecule has 3 aliphatic rings. The summed E-state index contributed by atoms with van der Waals surface area (Å²) in [5.41, 5.74) is 0.165. The smallest absolute Gasteiger partial charge is 0.0810 e. The minimum Gasteiger partial charge on any atom is -0.381 e. The van der Waals surface area contributed by atoms with Crippen LogP contribution in [0.3, 0.4) is 0 Å². The zero-order chi connectivity index (χ0) is 11.6. The highest BCUT2D eigenvalue weighted by Gasteiger charge is 2.40. The van der Waals surface area contributed by atoms with E-state index in [9.17, 15) is 0 Å². The van der Waals surface area contributed by atoms with Gasteiger partial charge < -0.3 is 14.8 Å². The fourth-order valence-corrected chi connectivity index (χ4v) is 3.66. The Bertz CT molecular complexity index is 239. The highest BCUT2D eigenvalue weighted by atomic mass is 16.5. The molecule has 1 saturated carbocycles. The van der Waals surface area contributed by atoms with Crippen molar-refractivity contribution in [1.29, 1.82) is 0 Å². The highest BCUT2D eigenvalue weighted by molar-refractivity contribution is 4.93. The van der Waals surface area contributed by atoms with Crippen molar-refractivity contribution in [2.75, 3.05) is 26.3 Å². The Morgan fingerprint density at radius 1 is 1.06 bits per heavy atom. The average molecular weight is 239 g/mol. The second-order valence-corrected chi connectivity index (χ2v) is 6.01. The summed E-state index contributed by atoms with van der Waals surface area (Å²) in [6.07, 6.45) is 9.46. The van der Waals surface area contributed by atoms with Crippen molar-refractivity contribution < 1.29 is 9.47 Å². The van der Waals surface area contributed by atoms with Gasteiger partial charge in [0.2, 0.25) is 0 Å². The molecule has 17 heavy (non-hydrogen) atoms. The molecule has 2 saturated heterocycles. The first kappa shape index (κ1) is 11.9. The number of ether oxygens (including phenoxy) is 2. The molecule has 3 rings (SSSR count). The molecule has 3 nitrogen and oxygen atoms in total. The number of hydrogen-bond donors (Lipinski definition) is 1. The molecular weight excluding hydrogens is 214 g/mol. The molecule has 0 aromatic carbocycles. The van der Waals surface area contributed by atoms with Crippen LogP contribution in [0.4, 0.5) is 0 Å². The van der Waals surface area contributed by atoms with Gasteiger partial charge in [0.15, 0.2) is 0 Å². The fraction of sp³-hybridized carbons (Fsp3) is 1.00. The molecule has 0 amide bonds. The SMILES string of the molecule is C1CCC2(CC1)CNCC(C1CCCOC1)O2. The molecule has 2 unspecified atom stereocenters. The Labute approximate surface area is 104 Å². The molecule has 0 aromatic heterocycles. The Kier molecular flexibility index (Phi) is 3.69. The Morgan fingerprint density at radius 3 is 2.71 bits per heavy atom. The third-order valence-corrected chi connectivity index (χ3v) is 4.68. The summed E-state index contributed by atoms with van der Waals surface area (Å²) in [5, 5.41) is 3.61. The monoisotopic (exact) mass is 239 g/mol. The lowest BCUT2D eigenvalue weighted by Gasteiger charge is -2.46. The Morgan fingerprint density at radius 2 is 1.94 bits per heavy atom. The topological polar surface area (TPSA) is 30.5 Å². The second kappa shape index (κ2) is 5.25. The minimum absolute atomic E-state index is 0.165. The summed E-state index contributed by atoms with van der Waals surface area (Å²) in [6.45, 7) is 3.94. The van der Waals surface area contributed by atoms with Crippen LogP contribution in [0.5, 0.6) is 0 Å². The van der Waals surface area contributed by atoms with E-state index < -0.39 is 0 Å². The molecule has 2 atom stereocenters. The van der Waals surface area contributed by atoms with Crippen molar-refractivity contribution in [3.63, 3.8) is 0 Å². The maximum atomic E-state index is 6.51. The lowest BCUT2D eigenvalue weighted by Crippen LogP contribution is -2.57. The summed E-state index contributed by atoms with van der Waals surface area (Å²) >= 11 is 0. The van der Waals surface area contributed by atoms with Gasteiger partial charge in [-0.25, -0.2) is 0 Å². The van der Waals surface area contributed by atoms with Crippen LogP contribution < -0.4 is 5.32 Å². The van der Waals surface area contributed by atoms with Gasteiger partial charge in [0, 0.05) is 25.6 Å². The van der Waals surface area contributed by atoms with E-state index in [4.69, 9.17) is 9.47 Å². The van der Waals surface area contributed by atoms with Crippen LogP contribution in [-0.2, 0) is 9.47 Å². The molecule has 2 aliphatic heterocycles. The van der Waals surface area contributed by atoms with Crippen molar-refractivity contribution in [2.24, 2.45) is 5.92 Å². The molecule has 1 aliphatic carbocycles. The first-order valence-electron chi connectivity index (χ1n) is 7.34. The van der Waals surface area contributed by atoms with Gasteiger partial charge >= 0.3 is 0 Å². The number of nitrogens with one attached hydrogen (secondary N) is 1. The van der Waals surface area contributed by atoms with Crippen LogP contribution in [0.1, 0.15) is 44.9 Å². The molecule has 98 valence electrons. The van der Waals surface area contributed by atoms with Crippen LogP contribution in [0, 0.1) is 5.92 Å². The van der Waals surface area contributed by atoms with Crippen molar-refractivity contribution in [3.8, 4) is 0 Å². The second-order valence-electron chi connectivity index (χ2n) is 6.01. The van der Waals surface area contributed by atoms with E-state index in [1.165, 1.54) is 44.9 Å². The average Bonchev–Trinajstić information content (AvgIpc) is 2.41. The molecule has 0 bridgehead atoms. The van der Waals surface area contributed by atoms with Crippen LogP contribution in [0.2, 0.25) is 0 Å². The van der Waals surface area contributed by atoms with Gasteiger partial charge in [-0.3, -0.25) is 0 Å². The van der Waals surface area contributed by atoms with Crippen molar-refractivity contribution in [1.82, 2.24) is 5.32 Å². The first-order valence-corrected chi connectivity index (χ1v) is 7.34. The minimum atomic E-state index is 0.165. The van der Waals surface area contributed by atoms with Gasteiger partial charge in [0.05, 0.1) is 18.3 Å². The van der Waals surface area contributed by atoms with Gasteiger partial charge in [0.25, 0.3) is 0 Å². The van der Waals surface area contributed by atoms with E-state index in [0.29, 0.717) is 12.0 Å². The molecule has 2 heterocycles. The van der Waals surface area contributed by atoms with Crippen molar-refractivity contribution >= 4 is 0 Å². The van der Waals surface area contributed by atoms with Crippen molar-refractivity contribution in [2.45, 2.75) is 56.7 Å². The lowest BCUT2D eigenvalue weighted by atomic mass is 9.82. The van der Waals surface area contributed by atoms with E-state index in [1.54, 1.807) is 0 Å². The van der Waals surface area contributed by atoms with Gasteiger partial charge in [-0.2, -0.15) is 0 Å². The molecule has 1 N–H and O–H groups in total. The molecular formula is C14H25NO2. The predicted octanol–water partition coefficient (Wildman–Crippen LogP) is 2.10. The van der Waals surface area contributed by atoms with Crippen LogP contribution in [-0.4, -0.2) is 38.0 Å². The third kappa shape index (κ3) is 2.67. The Balaban J connectivity index is 1.61. The zero-order valence-corrected chi connectivity index (χ0v) is 10.7. The van der Waals surface area contributed by atoms with Crippen LogP contribution in [0.15, 0.2) is 0 Å². The lowest BCUT2D eigenvalue weighted by molar-refractivity contribution is -0.164. The van der Waals surface area contributed by atoms with Crippen LogP contribution >= 0.6 is 0 Å². The number of hydrogen-bond acceptors (Lipinski definition) is 3. The number of rotatable bonds is 1. The summed E-state index contributed by atoms with van der Waals surface area (Å²) in [4.78, 5) is 0. The maximum Gasteiger partial charge on any atom is 0.0810 e. The Hall–Kier alpha value is -0.120. The summed E-state index contributed by atoms with van der Waals surface area (Å²) in [7, 11) is 0. The van der Waals surface area contributed by atoms with E-state index >= 15 is 0 Å². The first-order chi connectivity index (χ1) is 8.38. The van der Waals surface area contributed by atoms with Gasteiger partial charge in [-0.15, -0.1) is 0 Å². The maximum absolute atomic E-state index is 6.51. The molecule has 3 fully saturated rings. The van der Waals surface area contributed by atoms with Crippen LogP contribution in [0.25, 0.3) is 0 Å². The molecule has 1 spiro atoms. The standard InChI is InChI=1S/C14H25NO2/c1-2-6-14(7-3-1)11-15-9-13(17-14)12-5-4-8-16-10-12/h12-13,15H,1-11H2. The summed E-state index contributed by atoms with van der Waals surface area (Å²) < 4.78 is 12.1. The molecule has 0 aromatic rings. The fourth-order valence-electron chi connectivity index (χ4n) is 3.66. The van der Waals surface area contributed by atoms with E-state index in [-0.39, 0.29) is 5.60 Å². The highest BCUT2D eigenvalue weighted by Crippen LogP contribution is 2.36. The summed E-state index contributed by atoms with van der Waals surface area (Å²) in [5.74, 6) is 0.621. The summed E-state index contributed by atoms with van der Waals surface area (Å²) in [6, 6.07) is 0. The van der Waals surface area contributed by atoms with Gasteiger partial charge in [-0.1, -0.05) is 19.3 Å². The molecule has 3 heteroatoms. The van der Waals surface area contributed by atoms with E-state index in [2.05, 4.69) is 5.32 Å². The largest absolute Gasteiger partial charge is 0.381 e. The van der Waals surface area contributed by atoms with Gasteiger partial charge in [0.1, 0.15) is 0 Å². The van der Waals surface area contributed by atoms with E-state index in [0.717, 1.165) is 26.3 Å². The zero-order valence-electron chi connectivity index (χ0n) is 10.7. The normalized spacial score (nSPS) is 38.1. The molecule has 0 radical (unpaired) electrons. The van der Waals surface area contributed by atoms with E-state index in [1.807, 2.05) is 0 Å². The van der Waals surface area contributed by atoms with Gasteiger partial charge in [-0.05, 0) is 25.7 Å². The van der Waals surface area contributed by atoms with Crippen molar-refractivity contribution in [3.05, 3.63) is 0 Å². The quantitative estimate of drug-likeness (QED) is 0.760. The number of morpholine rings is 1. The third-order valence-electron chi connectivity index (χ3n) is 4.68.